The minimum atomic E-state index is -0.0428. The van der Waals surface area contributed by atoms with Gasteiger partial charge in [0, 0.05) is 43.4 Å². The third-order valence-corrected chi connectivity index (χ3v) is 8.74. The molecular formula is C33H39N5O4S. The van der Waals surface area contributed by atoms with Crippen LogP contribution in [0.3, 0.4) is 0 Å². The number of methoxy groups -OCH3 is 1. The van der Waals surface area contributed by atoms with Crippen LogP contribution in [0.2, 0.25) is 0 Å². The monoisotopic (exact) mass is 601 g/mol. The van der Waals surface area contributed by atoms with Gasteiger partial charge in [0.05, 0.1) is 19.1 Å². The summed E-state index contributed by atoms with van der Waals surface area (Å²) in [6, 6.07) is 19.3. The van der Waals surface area contributed by atoms with E-state index in [4.69, 9.17) is 9.15 Å². The highest BCUT2D eigenvalue weighted by atomic mass is 32.2. The highest BCUT2D eigenvalue weighted by Crippen LogP contribution is 2.33. The molecule has 4 aromatic rings. The Hall–Kier alpha value is -4.05. The molecule has 1 saturated heterocycles. The summed E-state index contributed by atoms with van der Waals surface area (Å²) in [4.78, 5) is 30.1. The molecule has 0 saturated carbocycles. The van der Waals surface area contributed by atoms with Gasteiger partial charge in [-0.3, -0.25) is 14.2 Å². The van der Waals surface area contributed by atoms with Crippen molar-refractivity contribution in [2.75, 3.05) is 32.5 Å². The van der Waals surface area contributed by atoms with Gasteiger partial charge in [0.2, 0.25) is 11.7 Å². The number of hydrogen-bond acceptors (Lipinski definition) is 7. The van der Waals surface area contributed by atoms with Gasteiger partial charge in [-0.1, -0.05) is 49.4 Å². The summed E-state index contributed by atoms with van der Waals surface area (Å²) >= 11 is 1.54. The Morgan fingerprint density at radius 3 is 2.56 bits per heavy atom. The van der Waals surface area contributed by atoms with E-state index in [1.54, 1.807) is 25.1 Å². The molecule has 1 aliphatic heterocycles. The molecule has 1 fully saturated rings. The molecular weight excluding hydrogens is 562 g/mol. The summed E-state index contributed by atoms with van der Waals surface area (Å²) in [7, 11) is 1.64. The molecule has 1 atom stereocenters. The molecule has 2 amide bonds. The molecule has 0 spiro atoms. The van der Waals surface area contributed by atoms with Gasteiger partial charge in [-0.15, -0.1) is 10.2 Å². The molecule has 5 rings (SSSR count). The van der Waals surface area contributed by atoms with E-state index in [-0.39, 0.29) is 17.9 Å². The van der Waals surface area contributed by atoms with Crippen LogP contribution < -0.4 is 4.74 Å². The second kappa shape index (κ2) is 14.4. The topological polar surface area (TPSA) is 93.7 Å². The van der Waals surface area contributed by atoms with Crippen molar-refractivity contribution in [3.63, 3.8) is 0 Å². The van der Waals surface area contributed by atoms with Gasteiger partial charge in [0.15, 0.2) is 10.9 Å². The number of amides is 2. The minimum Gasteiger partial charge on any atom is -0.495 e. The van der Waals surface area contributed by atoms with Crippen LogP contribution in [0, 0.1) is 0 Å². The van der Waals surface area contributed by atoms with Gasteiger partial charge in [0.25, 0.3) is 5.91 Å². The Labute approximate surface area is 257 Å². The Balaban J connectivity index is 1.15. The lowest BCUT2D eigenvalue weighted by Crippen LogP contribution is -2.55. The number of carbonyl (C=O) groups excluding carboxylic acids is 2. The predicted octanol–water partition coefficient (Wildman–Crippen LogP) is 6.12. The van der Waals surface area contributed by atoms with Crippen molar-refractivity contribution in [3.05, 3.63) is 78.1 Å². The second-order valence-corrected chi connectivity index (χ2v) is 11.8. The summed E-state index contributed by atoms with van der Waals surface area (Å²) in [6.45, 7) is 5.83. The number of carbonyl (C=O) groups is 2. The first-order chi connectivity index (χ1) is 21.0. The predicted molar refractivity (Wildman–Crippen MR) is 168 cm³/mol. The summed E-state index contributed by atoms with van der Waals surface area (Å²) in [5.41, 5.74) is 2.78. The standard InChI is InChI=1S/C33H39N5O4S/c1-4-5-10-25-15-17-26(18-16-25)32(40)37-20-19-36(23-24(37)2)30(39)14-9-22-43-33-35-34-31(29-13-8-21-42-29)38(33)27-11-6-7-12-28(27)41-3/h6-8,11-13,15-18,21,24H,4-5,9-10,14,19-20,22-23H2,1-3H3. The number of nitrogens with zero attached hydrogens (tertiary/aromatic N) is 5. The van der Waals surface area contributed by atoms with Crippen LogP contribution in [0.25, 0.3) is 17.3 Å². The zero-order valence-electron chi connectivity index (χ0n) is 25.1. The van der Waals surface area contributed by atoms with Crippen LogP contribution in [0.1, 0.15) is 55.5 Å². The molecule has 43 heavy (non-hydrogen) atoms. The van der Waals surface area contributed by atoms with Gasteiger partial charge in [-0.25, -0.2) is 0 Å². The molecule has 0 aliphatic carbocycles. The zero-order chi connectivity index (χ0) is 30.2. The van der Waals surface area contributed by atoms with Crippen LogP contribution in [0.4, 0.5) is 0 Å². The third-order valence-electron chi connectivity index (χ3n) is 7.73. The van der Waals surface area contributed by atoms with Gasteiger partial charge >= 0.3 is 0 Å². The minimum absolute atomic E-state index is 0.0334. The fraction of sp³-hybridized carbons (Fsp3) is 0.394. The van der Waals surface area contributed by atoms with Crippen LogP contribution in [0.5, 0.6) is 5.75 Å². The van der Waals surface area contributed by atoms with Gasteiger partial charge in [0.1, 0.15) is 5.75 Å². The fourth-order valence-corrected chi connectivity index (χ4v) is 6.24. The van der Waals surface area contributed by atoms with Crippen molar-refractivity contribution in [2.45, 2.75) is 57.1 Å². The molecule has 0 bridgehead atoms. The summed E-state index contributed by atoms with van der Waals surface area (Å²) in [5, 5.41) is 9.53. The van der Waals surface area contributed by atoms with E-state index in [0.29, 0.717) is 66.3 Å². The maximum Gasteiger partial charge on any atom is 0.254 e. The molecule has 2 aromatic heterocycles. The summed E-state index contributed by atoms with van der Waals surface area (Å²) < 4.78 is 13.2. The van der Waals surface area contributed by atoms with E-state index in [1.165, 1.54) is 5.56 Å². The number of ether oxygens (including phenoxy) is 1. The number of piperazine rings is 1. The first-order valence-corrected chi connectivity index (χ1v) is 15.9. The maximum absolute atomic E-state index is 13.2. The number of unbranched alkanes of at least 4 members (excludes halogenated alkanes) is 1. The Kier molecular flexibility index (Phi) is 10.2. The third kappa shape index (κ3) is 7.13. The summed E-state index contributed by atoms with van der Waals surface area (Å²) in [6.07, 6.45) is 6.07. The molecule has 1 aliphatic rings. The quantitative estimate of drug-likeness (QED) is 0.143. The average molecular weight is 602 g/mol. The second-order valence-electron chi connectivity index (χ2n) is 10.7. The first-order valence-electron chi connectivity index (χ1n) is 14.9. The molecule has 10 heteroatoms. The largest absolute Gasteiger partial charge is 0.495 e. The Bertz CT molecular complexity index is 1500. The molecule has 0 radical (unpaired) electrons. The zero-order valence-corrected chi connectivity index (χ0v) is 25.9. The number of benzene rings is 2. The molecule has 0 N–H and O–H groups in total. The number of thioether (sulfide) groups is 1. The van der Waals surface area contributed by atoms with E-state index in [2.05, 4.69) is 29.3 Å². The number of aryl methyl sites for hydroxylation is 1. The molecule has 1 unspecified atom stereocenters. The lowest BCUT2D eigenvalue weighted by Gasteiger charge is -2.40. The van der Waals surface area contributed by atoms with Crippen LogP contribution in [-0.2, 0) is 11.2 Å². The van der Waals surface area contributed by atoms with E-state index in [9.17, 15) is 9.59 Å². The fourth-order valence-electron chi connectivity index (χ4n) is 5.35. The van der Waals surface area contributed by atoms with Crippen molar-refractivity contribution in [1.29, 1.82) is 0 Å². The first kappa shape index (κ1) is 30.4. The molecule has 2 aromatic carbocycles. The number of aromatic nitrogens is 3. The van der Waals surface area contributed by atoms with Crippen molar-refractivity contribution in [3.8, 4) is 23.0 Å². The normalized spacial score (nSPS) is 15.1. The number of furan rings is 1. The van der Waals surface area contributed by atoms with E-state index < -0.39 is 0 Å². The molecule has 3 heterocycles. The van der Waals surface area contributed by atoms with E-state index >= 15 is 0 Å². The Morgan fingerprint density at radius 1 is 1.02 bits per heavy atom. The van der Waals surface area contributed by atoms with Gasteiger partial charge in [-0.05, 0) is 68.1 Å². The number of para-hydroxylation sites is 2. The maximum atomic E-state index is 13.2. The lowest BCUT2D eigenvalue weighted by molar-refractivity contribution is -0.133. The van der Waals surface area contributed by atoms with Gasteiger partial charge < -0.3 is 19.0 Å². The highest BCUT2D eigenvalue weighted by Gasteiger charge is 2.30. The number of rotatable bonds is 12. The highest BCUT2D eigenvalue weighted by molar-refractivity contribution is 7.99. The number of hydrogen-bond donors (Lipinski definition) is 0. The SMILES string of the molecule is CCCCc1ccc(C(=O)N2CCN(C(=O)CCCSc3nnc(-c4ccco4)n3-c3ccccc3OC)CC2C)cc1. The van der Waals surface area contributed by atoms with Crippen LogP contribution in [0.15, 0.2) is 76.5 Å². The van der Waals surface area contributed by atoms with Crippen molar-refractivity contribution in [2.24, 2.45) is 0 Å². The summed E-state index contributed by atoms with van der Waals surface area (Å²) in [5.74, 6) is 2.73. The van der Waals surface area contributed by atoms with E-state index in [0.717, 1.165) is 24.9 Å². The Morgan fingerprint density at radius 2 is 1.84 bits per heavy atom. The molecule has 9 nitrogen and oxygen atoms in total. The smallest absolute Gasteiger partial charge is 0.254 e. The van der Waals surface area contributed by atoms with Crippen molar-refractivity contribution in [1.82, 2.24) is 24.6 Å². The van der Waals surface area contributed by atoms with Crippen LogP contribution >= 0.6 is 11.8 Å². The van der Waals surface area contributed by atoms with Crippen molar-refractivity contribution < 1.29 is 18.7 Å². The van der Waals surface area contributed by atoms with Crippen molar-refractivity contribution >= 4 is 23.6 Å². The average Bonchev–Trinajstić information content (AvgIpc) is 3.72. The van der Waals surface area contributed by atoms with Gasteiger partial charge in [-0.2, -0.15) is 0 Å². The van der Waals surface area contributed by atoms with E-state index in [1.807, 2.05) is 69.8 Å². The lowest BCUT2D eigenvalue weighted by atomic mass is 10.0. The van der Waals surface area contributed by atoms with Crippen LogP contribution in [-0.4, -0.2) is 74.9 Å². The molecule has 226 valence electrons.